The van der Waals surface area contributed by atoms with E-state index in [2.05, 4.69) is 36.3 Å². The average molecular weight is 412 g/mol. The molecule has 0 saturated heterocycles. The van der Waals surface area contributed by atoms with E-state index in [0.29, 0.717) is 4.47 Å². The Hall–Kier alpha value is -2.75. The third-order valence-electron chi connectivity index (χ3n) is 3.20. The second-order valence-electron chi connectivity index (χ2n) is 4.92. The van der Waals surface area contributed by atoms with E-state index < -0.39 is 17.6 Å². The van der Waals surface area contributed by atoms with Gasteiger partial charge in [0.15, 0.2) is 0 Å². The van der Waals surface area contributed by atoms with Crippen molar-refractivity contribution in [2.45, 2.75) is 6.18 Å². The van der Waals surface area contributed by atoms with Crippen LogP contribution in [0.3, 0.4) is 0 Å². The van der Waals surface area contributed by atoms with Crippen LogP contribution in [0.1, 0.15) is 15.9 Å². The number of amides is 1. The fourth-order valence-corrected chi connectivity index (χ4v) is 2.44. The molecule has 2 aromatic heterocycles. The molecule has 128 valence electrons. The monoisotopic (exact) mass is 411 g/mol. The number of hydrogen-bond acceptors (Lipinski definition) is 4. The number of benzene rings is 1. The van der Waals surface area contributed by atoms with Crippen molar-refractivity contribution in [3.63, 3.8) is 0 Å². The molecule has 1 N–H and O–H groups in total. The Labute approximate surface area is 147 Å². The zero-order valence-electron chi connectivity index (χ0n) is 12.3. The lowest BCUT2D eigenvalue weighted by Crippen LogP contribution is -2.16. The van der Waals surface area contributed by atoms with Gasteiger partial charge in [-0.05, 0) is 40.2 Å². The number of carbonyl (C=O) groups is 1. The molecule has 1 amide bonds. The van der Waals surface area contributed by atoms with Gasteiger partial charge in [-0.15, -0.1) is 0 Å². The predicted molar refractivity (Wildman–Crippen MR) is 86.3 cm³/mol. The number of nitrogens with one attached hydrogen (secondary N) is 1. The summed E-state index contributed by atoms with van der Waals surface area (Å²) < 4.78 is 40.8. The van der Waals surface area contributed by atoms with Gasteiger partial charge in [-0.25, -0.2) is 9.67 Å². The highest BCUT2D eigenvalue weighted by Crippen LogP contribution is 2.33. The fraction of sp³-hybridized carbons (Fsp3) is 0.0667. The molecule has 0 bridgehead atoms. The summed E-state index contributed by atoms with van der Waals surface area (Å²) in [5, 5.41) is 6.35. The van der Waals surface area contributed by atoms with Gasteiger partial charge < -0.3 is 5.32 Å². The Bertz CT molecular complexity index is 912. The van der Waals surface area contributed by atoms with Gasteiger partial charge in [0.2, 0.25) is 0 Å². The van der Waals surface area contributed by atoms with E-state index in [1.54, 1.807) is 0 Å². The Morgan fingerprint density at radius 2 is 1.96 bits per heavy atom. The molecule has 0 atom stereocenters. The molecule has 0 aliphatic heterocycles. The second-order valence-corrected chi connectivity index (χ2v) is 5.83. The highest BCUT2D eigenvalue weighted by atomic mass is 79.9. The maximum atomic E-state index is 13.0. The SMILES string of the molecule is O=C(Nc1cc(C(F)(F)F)ccc1-n1cncn1)c1cncc(Br)c1. The van der Waals surface area contributed by atoms with Crippen LogP contribution in [-0.4, -0.2) is 25.7 Å². The quantitative estimate of drug-likeness (QED) is 0.712. The van der Waals surface area contributed by atoms with Gasteiger partial charge in [0.05, 0.1) is 22.5 Å². The van der Waals surface area contributed by atoms with Crippen LogP contribution in [0.25, 0.3) is 5.69 Å². The van der Waals surface area contributed by atoms with Crippen molar-refractivity contribution in [2.24, 2.45) is 0 Å². The van der Waals surface area contributed by atoms with E-state index in [-0.39, 0.29) is 16.9 Å². The smallest absolute Gasteiger partial charge is 0.320 e. The predicted octanol–water partition coefficient (Wildman–Crippen LogP) is 3.70. The summed E-state index contributed by atoms with van der Waals surface area (Å²) >= 11 is 3.19. The average Bonchev–Trinajstić information content (AvgIpc) is 3.08. The summed E-state index contributed by atoms with van der Waals surface area (Å²) in [5.41, 5.74) is -0.498. The van der Waals surface area contributed by atoms with Gasteiger partial charge in [0.25, 0.3) is 5.91 Å². The number of nitrogens with zero attached hydrogens (tertiary/aromatic N) is 4. The van der Waals surface area contributed by atoms with Gasteiger partial charge in [-0.3, -0.25) is 9.78 Å². The van der Waals surface area contributed by atoms with Gasteiger partial charge in [-0.1, -0.05) is 0 Å². The largest absolute Gasteiger partial charge is 0.416 e. The van der Waals surface area contributed by atoms with Crippen LogP contribution in [0.2, 0.25) is 0 Å². The maximum absolute atomic E-state index is 13.0. The molecule has 0 fully saturated rings. The second kappa shape index (κ2) is 6.63. The molecular formula is C15H9BrF3N5O. The van der Waals surface area contributed by atoms with Gasteiger partial charge in [0.1, 0.15) is 12.7 Å². The molecule has 0 spiro atoms. The lowest BCUT2D eigenvalue weighted by Gasteiger charge is -2.14. The van der Waals surface area contributed by atoms with Crippen LogP contribution in [0.15, 0.2) is 53.8 Å². The standard InChI is InChI=1S/C15H9BrF3N5O/c16-11-3-9(5-20-6-11)14(25)23-12-4-10(15(17,18)19)1-2-13(12)24-8-21-7-22-24/h1-8H,(H,23,25). The third kappa shape index (κ3) is 3.85. The number of halogens is 4. The van der Waals surface area contributed by atoms with Gasteiger partial charge in [-0.2, -0.15) is 18.3 Å². The van der Waals surface area contributed by atoms with E-state index >= 15 is 0 Å². The van der Waals surface area contributed by atoms with Crippen molar-refractivity contribution >= 4 is 27.5 Å². The topological polar surface area (TPSA) is 72.7 Å². The summed E-state index contributed by atoms with van der Waals surface area (Å²) in [6.45, 7) is 0. The first-order chi connectivity index (χ1) is 11.8. The van der Waals surface area contributed by atoms with E-state index in [4.69, 9.17) is 0 Å². The molecule has 0 aliphatic carbocycles. The number of carbonyl (C=O) groups excluding carboxylic acids is 1. The van der Waals surface area contributed by atoms with Crippen LogP contribution in [-0.2, 0) is 6.18 Å². The number of alkyl halides is 3. The molecule has 3 aromatic rings. The Morgan fingerprint density at radius 3 is 2.60 bits per heavy atom. The van der Waals surface area contributed by atoms with Crippen LogP contribution < -0.4 is 5.32 Å². The Balaban J connectivity index is 2.01. The Kier molecular flexibility index (Phi) is 4.53. The number of pyridine rings is 1. The fourth-order valence-electron chi connectivity index (χ4n) is 2.08. The highest BCUT2D eigenvalue weighted by molar-refractivity contribution is 9.10. The molecule has 1 aromatic carbocycles. The van der Waals surface area contributed by atoms with Crippen molar-refractivity contribution in [3.05, 3.63) is 64.9 Å². The van der Waals surface area contributed by atoms with Crippen molar-refractivity contribution in [1.29, 1.82) is 0 Å². The molecule has 2 heterocycles. The van der Waals surface area contributed by atoms with E-state index in [1.165, 1.54) is 41.9 Å². The van der Waals surface area contributed by atoms with Crippen LogP contribution in [0.4, 0.5) is 18.9 Å². The minimum atomic E-state index is -4.54. The summed E-state index contributed by atoms with van der Waals surface area (Å²) in [6, 6.07) is 4.48. The van der Waals surface area contributed by atoms with Crippen LogP contribution >= 0.6 is 15.9 Å². The van der Waals surface area contributed by atoms with Gasteiger partial charge in [0, 0.05) is 16.9 Å². The zero-order chi connectivity index (χ0) is 18.0. The molecule has 0 radical (unpaired) electrons. The van der Waals surface area contributed by atoms with Crippen molar-refractivity contribution in [2.75, 3.05) is 5.32 Å². The van der Waals surface area contributed by atoms with Crippen LogP contribution in [0.5, 0.6) is 0 Å². The van der Waals surface area contributed by atoms with E-state index in [1.807, 2.05) is 0 Å². The molecular weight excluding hydrogens is 403 g/mol. The Morgan fingerprint density at radius 1 is 1.16 bits per heavy atom. The molecule has 0 aliphatic rings. The molecule has 3 rings (SSSR count). The number of aromatic nitrogens is 4. The summed E-state index contributed by atoms with van der Waals surface area (Å²) in [4.78, 5) is 20.0. The molecule has 0 saturated carbocycles. The van der Waals surface area contributed by atoms with E-state index in [0.717, 1.165) is 12.1 Å². The van der Waals surface area contributed by atoms with Crippen molar-refractivity contribution in [3.8, 4) is 5.69 Å². The van der Waals surface area contributed by atoms with Crippen molar-refractivity contribution < 1.29 is 18.0 Å². The van der Waals surface area contributed by atoms with E-state index in [9.17, 15) is 18.0 Å². The number of rotatable bonds is 3. The first-order valence-electron chi connectivity index (χ1n) is 6.83. The summed E-state index contributed by atoms with van der Waals surface area (Å²) in [6.07, 6.45) is 0.808. The summed E-state index contributed by atoms with van der Waals surface area (Å²) in [7, 11) is 0. The first kappa shape index (κ1) is 17.1. The number of anilines is 1. The molecule has 25 heavy (non-hydrogen) atoms. The highest BCUT2D eigenvalue weighted by Gasteiger charge is 2.31. The minimum Gasteiger partial charge on any atom is -0.320 e. The minimum absolute atomic E-state index is 0.0506. The molecule has 6 nitrogen and oxygen atoms in total. The normalized spacial score (nSPS) is 11.4. The van der Waals surface area contributed by atoms with Crippen molar-refractivity contribution in [1.82, 2.24) is 19.7 Å². The van der Waals surface area contributed by atoms with Gasteiger partial charge >= 0.3 is 6.18 Å². The van der Waals surface area contributed by atoms with Crippen LogP contribution in [0, 0.1) is 0 Å². The lowest BCUT2D eigenvalue weighted by atomic mass is 10.1. The zero-order valence-corrected chi connectivity index (χ0v) is 13.9. The first-order valence-corrected chi connectivity index (χ1v) is 7.62. The molecule has 10 heteroatoms. The lowest BCUT2D eigenvalue weighted by molar-refractivity contribution is -0.137. The number of hydrogen-bond donors (Lipinski definition) is 1. The third-order valence-corrected chi connectivity index (χ3v) is 3.64. The summed E-state index contributed by atoms with van der Waals surface area (Å²) in [5.74, 6) is -0.602. The molecule has 0 unspecified atom stereocenters. The maximum Gasteiger partial charge on any atom is 0.416 e.